The minimum Gasteiger partial charge on any atom is -0.377 e. The highest BCUT2D eigenvalue weighted by molar-refractivity contribution is 6.60. The van der Waals surface area contributed by atoms with E-state index in [-0.39, 0.29) is 0 Å². The lowest BCUT2D eigenvalue weighted by Crippen LogP contribution is -2.43. The summed E-state index contributed by atoms with van der Waals surface area (Å²) < 4.78 is 17.3. The monoisotopic (exact) mass is 325 g/mol. The average Bonchev–Trinajstić information content (AvgIpc) is 2.58. The Hall–Kier alpha value is -0.723. The van der Waals surface area contributed by atoms with Gasteiger partial charge in [-0.25, -0.2) is 0 Å². The zero-order valence-corrected chi connectivity index (χ0v) is 15.1. The minimum atomic E-state index is -2.52. The van der Waals surface area contributed by atoms with Gasteiger partial charge in [-0.3, -0.25) is 0 Å². The summed E-state index contributed by atoms with van der Waals surface area (Å²) in [6.07, 6.45) is 7.16. The van der Waals surface area contributed by atoms with E-state index in [2.05, 4.69) is 12.1 Å². The molecule has 0 saturated carbocycles. The molecule has 5 heteroatoms. The van der Waals surface area contributed by atoms with Gasteiger partial charge in [0.2, 0.25) is 0 Å². The molecule has 0 fully saturated rings. The molecule has 126 valence electrons. The van der Waals surface area contributed by atoms with Crippen LogP contribution in [0.1, 0.15) is 44.1 Å². The summed E-state index contributed by atoms with van der Waals surface area (Å²) in [5, 5.41) is 0. The quantitative estimate of drug-likeness (QED) is 0.443. The summed E-state index contributed by atoms with van der Waals surface area (Å²) in [7, 11) is 0.871. The van der Waals surface area contributed by atoms with Gasteiger partial charge < -0.3 is 19.0 Å². The first-order chi connectivity index (χ1) is 10.8. The molecule has 0 heterocycles. The van der Waals surface area contributed by atoms with Gasteiger partial charge in [-0.2, -0.15) is 0 Å². The fraction of sp³-hybridized carbons (Fsp3) is 0.647. The van der Waals surface area contributed by atoms with Gasteiger partial charge in [-0.15, -0.1) is 0 Å². The van der Waals surface area contributed by atoms with E-state index in [0.717, 1.165) is 31.0 Å². The Labute approximate surface area is 136 Å². The molecule has 0 aliphatic rings. The van der Waals surface area contributed by atoms with Crippen molar-refractivity contribution in [3.8, 4) is 0 Å². The van der Waals surface area contributed by atoms with Crippen LogP contribution in [0.4, 0.5) is 0 Å². The molecule has 0 aromatic heterocycles. The molecule has 4 nitrogen and oxygen atoms in total. The molecule has 0 aliphatic heterocycles. The van der Waals surface area contributed by atoms with Gasteiger partial charge in [-0.1, -0.05) is 56.0 Å². The molecular formula is C17H31NO3Si. The molecule has 0 saturated heterocycles. The van der Waals surface area contributed by atoms with Gasteiger partial charge >= 0.3 is 8.80 Å². The fourth-order valence-electron chi connectivity index (χ4n) is 2.44. The summed E-state index contributed by atoms with van der Waals surface area (Å²) >= 11 is 0. The van der Waals surface area contributed by atoms with E-state index < -0.39 is 8.80 Å². The topological polar surface area (TPSA) is 53.7 Å². The molecule has 0 unspecified atom stereocenters. The summed E-state index contributed by atoms with van der Waals surface area (Å²) in [6.45, 7) is 1.35. The molecule has 0 atom stereocenters. The number of benzene rings is 1. The number of hydrogen-bond acceptors (Lipinski definition) is 4. The van der Waals surface area contributed by atoms with Gasteiger partial charge in [0.1, 0.15) is 0 Å². The van der Waals surface area contributed by atoms with Gasteiger partial charge in [0.25, 0.3) is 0 Å². The van der Waals surface area contributed by atoms with E-state index >= 15 is 0 Å². The normalized spacial score (nSPS) is 11.8. The fourth-order valence-corrected chi connectivity index (χ4v) is 4.46. The smallest absolute Gasteiger partial charge is 0.377 e. The largest absolute Gasteiger partial charge is 0.500 e. The Balaban J connectivity index is 2.29. The molecule has 22 heavy (non-hydrogen) atoms. The van der Waals surface area contributed by atoms with Gasteiger partial charge in [0.05, 0.1) is 6.61 Å². The molecule has 1 aromatic rings. The first kappa shape index (κ1) is 19.3. The zero-order valence-electron chi connectivity index (χ0n) is 14.1. The highest BCUT2D eigenvalue weighted by Gasteiger charge is 2.38. The van der Waals surface area contributed by atoms with Crippen LogP contribution >= 0.6 is 0 Å². The van der Waals surface area contributed by atoms with E-state index in [1.807, 2.05) is 18.2 Å². The lowest BCUT2D eigenvalue weighted by molar-refractivity contribution is 0.0905. The van der Waals surface area contributed by atoms with Crippen LogP contribution < -0.4 is 5.73 Å². The summed E-state index contributed by atoms with van der Waals surface area (Å²) in [4.78, 5) is 0. The second-order valence-corrected chi connectivity index (χ2v) is 8.50. The maximum Gasteiger partial charge on any atom is 0.500 e. The number of hydrogen-bond donors (Lipinski definition) is 1. The number of rotatable bonds is 13. The molecule has 0 spiro atoms. The molecule has 2 N–H and O–H groups in total. The lowest BCUT2D eigenvalue weighted by atomic mass is 10.1. The highest BCUT2D eigenvalue weighted by atomic mass is 28.4. The molecule has 0 aliphatic carbocycles. The van der Waals surface area contributed by atoms with E-state index in [9.17, 15) is 0 Å². The standard InChI is InChI=1S/C17H31NO3Si/c1-19-22(20-2,15-11-6-4-3-5-10-14-18)21-16-17-12-8-7-9-13-17/h7-9,12-13H,3-6,10-11,14-16,18H2,1-2H3. The Morgan fingerprint density at radius 1 is 0.864 bits per heavy atom. The van der Waals surface area contributed by atoms with Crippen molar-refractivity contribution in [1.29, 1.82) is 0 Å². The van der Waals surface area contributed by atoms with Gasteiger partial charge in [0.15, 0.2) is 0 Å². The van der Waals surface area contributed by atoms with Crippen molar-refractivity contribution in [3.05, 3.63) is 35.9 Å². The molecule has 1 rings (SSSR count). The van der Waals surface area contributed by atoms with Crippen LogP contribution in [0.3, 0.4) is 0 Å². The SMILES string of the molecule is CO[Si](CCCCCCCCN)(OC)OCc1ccccc1. The van der Waals surface area contributed by atoms with Crippen molar-refractivity contribution >= 4 is 8.80 Å². The predicted octanol–water partition coefficient (Wildman–Crippen LogP) is 3.73. The Kier molecular flexibility index (Phi) is 10.4. The number of unbranched alkanes of at least 4 members (excludes halogenated alkanes) is 5. The molecule has 1 aromatic carbocycles. The van der Waals surface area contributed by atoms with Crippen LogP contribution in [0.5, 0.6) is 0 Å². The Bertz CT molecular complexity index is 371. The molecule has 0 bridgehead atoms. The predicted molar refractivity (Wildman–Crippen MR) is 92.6 cm³/mol. The highest BCUT2D eigenvalue weighted by Crippen LogP contribution is 2.20. The first-order valence-electron chi connectivity index (χ1n) is 8.24. The van der Waals surface area contributed by atoms with Crippen molar-refractivity contribution in [2.45, 2.75) is 51.2 Å². The van der Waals surface area contributed by atoms with E-state index in [1.54, 1.807) is 14.2 Å². The summed E-state index contributed by atoms with van der Waals surface area (Å²) in [5.41, 5.74) is 6.65. The van der Waals surface area contributed by atoms with Crippen molar-refractivity contribution < 1.29 is 13.3 Å². The maximum atomic E-state index is 6.04. The molecule has 0 radical (unpaired) electrons. The molecule has 0 amide bonds. The van der Waals surface area contributed by atoms with Crippen LogP contribution in [-0.4, -0.2) is 29.6 Å². The van der Waals surface area contributed by atoms with Gasteiger partial charge in [-0.05, 0) is 24.9 Å². The van der Waals surface area contributed by atoms with Crippen LogP contribution in [0, 0.1) is 0 Å². The maximum absolute atomic E-state index is 6.04. The summed E-state index contributed by atoms with van der Waals surface area (Å²) in [6, 6.07) is 11.0. The third-order valence-corrected chi connectivity index (χ3v) is 6.65. The van der Waals surface area contributed by atoms with E-state index in [1.165, 1.54) is 25.7 Å². The third-order valence-electron chi connectivity index (χ3n) is 3.86. The van der Waals surface area contributed by atoms with Crippen LogP contribution in [0.15, 0.2) is 30.3 Å². The lowest BCUT2D eigenvalue weighted by Gasteiger charge is -2.26. The van der Waals surface area contributed by atoms with Crippen LogP contribution in [-0.2, 0) is 19.9 Å². The van der Waals surface area contributed by atoms with Gasteiger partial charge in [0, 0.05) is 20.3 Å². The van der Waals surface area contributed by atoms with Crippen molar-refractivity contribution in [3.63, 3.8) is 0 Å². The van der Waals surface area contributed by atoms with Crippen molar-refractivity contribution in [2.75, 3.05) is 20.8 Å². The first-order valence-corrected chi connectivity index (χ1v) is 10.2. The van der Waals surface area contributed by atoms with Crippen LogP contribution in [0.25, 0.3) is 0 Å². The Morgan fingerprint density at radius 3 is 2.05 bits per heavy atom. The molecular weight excluding hydrogens is 294 g/mol. The van der Waals surface area contributed by atoms with Crippen molar-refractivity contribution in [2.24, 2.45) is 5.73 Å². The average molecular weight is 326 g/mol. The second kappa shape index (κ2) is 11.8. The zero-order chi connectivity index (χ0) is 16.1. The van der Waals surface area contributed by atoms with Crippen molar-refractivity contribution in [1.82, 2.24) is 0 Å². The minimum absolute atomic E-state index is 0.547. The Morgan fingerprint density at radius 2 is 1.45 bits per heavy atom. The van der Waals surface area contributed by atoms with Crippen LogP contribution in [0.2, 0.25) is 6.04 Å². The third kappa shape index (κ3) is 7.51. The van der Waals surface area contributed by atoms with E-state index in [0.29, 0.717) is 6.61 Å². The number of nitrogens with two attached hydrogens (primary N) is 1. The second-order valence-electron chi connectivity index (χ2n) is 5.53. The summed E-state index contributed by atoms with van der Waals surface area (Å²) in [5.74, 6) is 0. The van der Waals surface area contributed by atoms with E-state index in [4.69, 9.17) is 19.0 Å².